The number of rotatable bonds is 10. The van der Waals surface area contributed by atoms with Crippen molar-refractivity contribution in [3.8, 4) is 0 Å². The first kappa shape index (κ1) is 23.0. The van der Waals surface area contributed by atoms with Crippen molar-refractivity contribution in [2.24, 2.45) is 29.6 Å². The van der Waals surface area contributed by atoms with Crippen LogP contribution in [-0.2, 0) is 14.4 Å². The Morgan fingerprint density at radius 3 is 2.04 bits per heavy atom. The van der Waals surface area contributed by atoms with Gasteiger partial charge in [0.25, 0.3) is 0 Å². The molecule has 0 bridgehead atoms. The van der Waals surface area contributed by atoms with Crippen LogP contribution in [0.5, 0.6) is 0 Å². The molecule has 0 heterocycles. The van der Waals surface area contributed by atoms with Gasteiger partial charge in [-0.15, -0.1) is 0 Å². The lowest BCUT2D eigenvalue weighted by Gasteiger charge is -2.33. The smallest absolute Gasteiger partial charge is 0.185 e. The average molecular weight is 369 g/mol. The second kappa shape index (κ2) is 9.23. The van der Waals surface area contributed by atoms with Gasteiger partial charge >= 0.3 is 0 Å². The maximum Gasteiger partial charge on any atom is 0.185 e. The number of carbonyl (C=O) groups excluding carboxylic acids is 3. The van der Waals surface area contributed by atoms with Gasteiger partial charge in [0.15, 0.2) is 23.0 Å². The summed E-state index contributed by atoms with van der Waals surface area (Å²) in [6.45, 7) is 11.5. The van der Waals surface area contributed by atoms with E-state index in [1.165, 1.54) is 0 Å². The fourth-order valence-electron chi connectivity index (χ4n) is 3.68. The molecule has 0 aromatic rings. The van der Waals surface area contributed by atoms with Gasteiger partial charge in [0.2, 0.25) is 0 Å². The summed E-state index contributed by atoms with van der Waals surface area (Å²) < 4.78 is 0. The van der Waals surface area contributed by atoms with Crippen molar-refractivity contribution in [1.29, 1.82) is 0 Å². The van der Waals surface area contributed by atoms with E-state index in [4.69, 9.17) is 0 Å². The van der Waals surface area contributed by atoms with Gasteiger partial charge in [-0.2, -0.15) is 0 Å². The highest BCUT2D eigenvalue weighted by molar-refractivity contribution is 6.27. The molecule has 0 spiro atoms. The van der Waals surface area contributed by atoms with Crippen LogP contribution in [0.25, 0.3) is 0 Å². The molecule has 0 aromatic heterocycles. The van der Waals surface area contributed by atoms with Crippen molar-refractivity contribution in [2.75, 3.05) is 0 Å². The largest absolute Gasteiger partial charge is 0.390 e. The Hall–Kier alpha value is -1.07. The minimum atomic E-state index is -2.14. The first-order valence-electron chi connectivity index (χ1n) is 10.0. The SMILES string of the molecule is CCC(C)C(=O)C1C(=O)[C@@H](CCC(C)C)C(O)(C(O)CCC(C)C)C1=O. The maximum atomic E-state index is 13.0. The van der Waals surface area contributed by atoms with Crippen LogP contribution in [0.2, 0.25) is 0 Å². The third-order valence-corrected chi connectivity index (χ3v) is 5.76. The van der Waals surface area contributed by atoms with Crippen LogP contribution in [-0.4, -0.2) is 39.3 Å². The Kier molecular flexibility index (Phi) is 8.15. The molecule has 26 heavy (non-hydrogen) atoms. The first-order chi connectivity index (χ1) is 12.0. The van der Waals surface area contributed by atoms with Gasteiger partial charge in [-0.1, -0.05) is 48.0 Å². The second-order valence-electron chi connectivity index (χ2n) is 8.75. The number of aliphatic hydroxyl groups is 2. The summed E-state index contributed by atoms with van der Waals surface area (Å²) in [5.74, 6) is -3.99. The Labute approximate surface area is 157 Å². The minimum absolute atomic E-state index is 0.232. The zero-order valence-corrected chi connectivity index (χ0v) is 17.1. The number of carbonyl (C=O) groups is 3. The van der Waals surface area contributed by atoms with E-state index in [0.717, 1.165) is 0 Å². The van der Waals surface area contributed by atoms with Crippen molar-refractivity contribution < 1.29 is 24.6 Å². The Balaban J connectivity index is 3.21. The van der Waals surface area contributed by atoms with Crippen molar-refractivity contribution in [2.45, 2.75) is 85.4 Å². The van der Waals surface area contributed by atoms with Crippen LogP contribution in [0.1, 0.15) is 73.6 Å². The van der Waals surface area contributed by atoms with E-state index >= 15 is 0 Å². The van der Waals surface area contributed by atoms with Crippen molar-refractivity contribution in [3.05, 3.63) is 0 Å². The molecule has 0 aromatic carbocycles. The molecule has 0 saturated heterocycles. The monoisotopic (exact) mass is 368 g/mol. The quantitative estimate of drug-likeness (QED) is 0.579. The molecule has 5 atom stereocenters. The van der Waals surface area contributed by atoms with E-state index in [1.807, 2.05) is 34.6 Å². The summed E-state index contributed by atoms with van der Waals surface area (Å²) in [5, 5.41) is 21.8. The third kappa shape index (κ3) is 4.61. The summed E-state index contributed by atoms with van der Waals surface area (Å²) in [5.41, 5.74) is -2.14. The Morgan fingerprint density at radius 1 is 1.04 bits per heavy atom. The minimum Gasteiger partial charge on any atom is -0.390 e. The summed E-state index contributed by atoms with van der Waals surface area (Å²) in [7, 11) is 0. The van der Waals surface area contributed by atoms with Crippen molar-refractivity contribution in [1.82, 2.24) is 0 Å². The van der Waals surface area contributed by atoms with E-state index in [1.54, 1.807) is 6.92 Å². The molecule has 5 heteroatoms. The fourth-order valence-corrected chi connectivity index (χ4v) is 3.68. The van der Waals surface area contributed by atoms with Gasteiger partial charge in [-0.3, -0.25) is 14.4 Å². The van der Waals surface area contributed by atoms with Gasteiger partial charge in [-0.25, -0.2) is 0 Å². The summed E-state index contributed by atoms with van der Waals surface area (Å²) in [6, 6.07) is 0. The van der Waals surface area contributed by atoms with Crippen LogP contribution >= 0.6 is 0 Å². The highest BCUT2D eigenvalue weighted by Gasteiger charge is 2.64. The number of Topliss-reactive ketones (excluding diaryl/α,β-unsaturated/α-hetero) is 3. The van der Waals surface area contributed by atoms with Crippen LogP contribution in [0.3, 0.4) is 0 Å². The highest BCUT2D eigenvalue weighted by atomic mass is 16.4. The molecular weight excluding hydrogens is 332 g/mol. The molecule has 1 aliphatic carbocycles. The van der Waals surface area contributed by atoms with Gasteiger partial charge in [-0.05, 0) is 37.5 Å². The summed E-state index contributed by atoms with van der Waals surface area (Å²) >= 11 is 0. The highest BCUT2D eigenvalue weighted by Crippen LogP contribution is 2.42. The molecule has 5 nitrogen and oxygen atoms in total. The Bertz CT molecular complexity index is 524. The van der Waals surface area contributed by atoms with Gasteiger partial charge in [0.1, 0.15) is 5.92 Å². The number of aliphatic hydroxyl groups excluding tert-OH is 1. The summed E-state index contributed by atoms with van der Waals surface area (Å²) in [6.07, 6.45) is 1.02. The molecule has 1 fully saturated rings. The van der Waals surface area contributed by atoms with Crippen LogP contribution in [0, 0.1) is 29.6 Å². The maximum absolute atomic E-state index is 13.0. The number of hydrogen-bond acceptors (Lipinski definition) is 5. The molecule has 0 aliphatic heterocycles. The molecule has 1 aliphatic rings. The van der Waals surface area contributed by atoms with E-state index in [2.05, 4.69) is 0 Å². The van der Waals surface area contributed by atoms with Crippen molar-refractivity contribution >= 4 is 17.3 Å². The first-order valence-corrected chi connectivity index (χ1v) is 10.0. The summed E-state index contributed by atoms with van der Waals surface area (Å²) in [4.78, 5) is 38.5. The van der Waals surface area contributed by atoms with E-state index in [-0.39, 0.29) is 6.42 Å². The second-order valence-corrected chi connectivity index (χ2v) is 8.75. The third-order valence-electron chi connectivity index (χ3n) is 5.76. The van der Waals surface area contributed by atoms with Crippen molar-refractivity contribution in [3.63, 3.8) is 0 Å². The zero-order chi connectivity index (χ0) is 20.2. The average Bonchev–Trinajstić information content (AvgIpc) is 2.76. The molecule has 150 valence electrons. The van der Waals surface area contributed by atoms with Crippen LogP contribution in [0.15, 0.2) is 0 Å². The molecule has 4 unspecified atom stereocenters. The van der Waals surface area contributed by atoms with E-state index in [0.29, 0.717) is 37.5 Å². The zero-order valence-electron chi connectivity index (χ0n) is 17.1. The predicted octanol–water partition coefficient (Wildman–Crippen LogP) is 2.95. The van der Waals surface area contributed by atoms with E-state index in [9.17, 15) is 24.6 Å². The molecular formula is C21H36O5. The lowest BCUT2D eigenvalue weighted by molar-refractivity contribution is -0.158. The topological polar surface area (TPSA) is 91.7 Å². The van der Waals surface area contributed by atoms with Crippen LogP contribution in [0.4, 0.5) is 0 Å². The lowest BCUT2D eigenvalue weighted by Crippen LogP contribution is -2.53. The predicted molar refractivity (Wildman–Crippen MR) is 101 cm³/mol. The van der Waals surface area contributed by atoms with Gasteiger partial charge in [0.05, 0.1) is 12.0 Å². The molecule has 1 saturated carbocycles. The Morgan fingerprint density at radius 2 is 1.58 bits per heavy atom. The molecule has 1 rings (SSSR count). The molecule has 0 radical (unpaired) electrons. The van der Waals surface area contributed by atoms with Gasteiger partial charge in [0, 0.05) is 5.92 Å². The molecule has 2 N–H and O–H groups in total. The number of hydrogen-bond donors (Lipinski definition) is 2. The normalized spacial score (nSPS) is 28.8. The van der Waals surface area contributed by atoms with Gasteiger partial charge < -0.3 is 10.2 Å². The standard InChI is InChI=1S/C21H36O5/c1-7-14(6)18(23)17-19(24)15(10-8-12(2)3)21(26,20(17)25)16(22)11-9-13(4)5/h12-17,22,26H,7-11H2,1-6H3/t14?,15-,16?,17?,21?/m1/s1. The lowest BCUT2D eigenvalue weighted by atomic mass is 9.78. The molecule has 0 amide bonds. The number of ketones is 3. The van der Waals surface area contributed by atoms with E-state index < -0.39 is 46.8 Å². The fraction of sp³-hybridized carbons (Fsp3) is 0.857. The van der Waals surface area contributed by atoms with Crippen LogP contribution < -0.4 is 0 Å².